The molecule has 0 aromatic heterocycles. The molecule has 1 atom stereocenters. The Morgan fingerprint density at radius 1 is 1.38 bits per heavy atom. The fourth-order valence-electron chi connectivity index (χ4n) is 0.879. The zero-order valence-electron chi connectivity index (χ0n) is 9.09. The summed E-state index contributed by atoms with van der Waals surface area (Å²) in [6, 6.07) is 2.08. The second kappa shape index (κ2) is 4.08. The molecular weight excluding hydrogens is 166 g/mol. The van der Waals surface area contributed by atoms with Crippen molar-refractivity contribution in [1.82, 2.24) is 0 Å². The molecule has 0 saturated heterocycles. The number of hydrogen-bond donors (Lipinski definition) is 1. The summed E-state index contributed by atoms with van der Waals surface area (Å²) in [7, 11) is 1.60. The number of aliphatic hydroxyl groups excluding tert-OH is 1. The molecule has 0 aliphatic heterocycles. The van der Waals surface area contributed by atoms with Crippen LogP contribution in [-0.4, -0.2) is 23.9 Å². The highest BCUT2D eigenvalue weighted by Gasteiger charge is 2.32. The summed E-state index contributed by atoms with van der Waals surface area (Å²) in [6.45, 7) is 7.24. The highest BCUT2D eigenvalue weighted by atomic mass is 16.5. The Hall–Kier alpha value is -0.590. The molecule has 76 valence electrons. The Kier molecular flexibility index (Phi) is 3.89. The fourth-order valence-corrected chi connectivity index (χ4v) is 0.879. The predicted octanol–water partition coefficient (Wildman–Crippen LogP) is 1.71. The van der Waals surface area contributed by atoms with Crippen molar-refractivity contribution in [3.05, 3.63) is 0 Å². The molecule has 0 bridgehead atoms. The molecule has 0 rings (SSSR count). The minimum atomic E-state index is -0.712. The van der Waals surface area contributed by atoms with E-state index < -0.39 is 11.5 Å². The van der Waals surface area contributed by atoms with Crippen LogP contribution in [0.1, 0.15) is 34.1 Å². The molecule has 0 aromatic carbocycles. The van der Waals surface area contributed by atoms with Crippen molar-refractivity contribution in [2.45, 2.75) is 45.8 Å². The van der Waals surface area contributed by atoms with Gasteiger partial charge in [-0.1, -0.05) is 0 Å². The van der Waals surface area contributed by atoms with E-state index in [2.05, 4.69) is 6.07 Å². The number of hydrogen-bond acceptors (Lipinski definition) is 3. The second-order valence-corrected chi connectivity index (χ2v) is 4.52. The Bertz CT molecular complexity index is 203. The molecule has 1 unspecified atom stereocenters. The van der Waals surface area contributed by atoms with Crippen LogP contribution in [0.4, 0.5) is 0 Å². The van der Waals surface area contributed by atoms with E-state index in [0.717, 1.165) is 0 Å². The molecule has 0 amide bonds. The Balaban J connectivity index is 4.33. The second-order valence-electron chi connectivity index (χ2n) is 4.52. The smallest absolute Gasteiger partial charge is 0.0777 e. The van der Waals surface area contributed by atoms with Crippen molar-refractivity contribution >= 4 is 0 Å². The Morgan fingerprint density at radius 2 is 1.85 bits per heavy atom. The molecule has 0 aliphatic rings. The van der Waals surface area contributed by atoms with Gasteiger partial charge in [0.25, 0.3) is 0 Å². The maximum absolute atomic E-state index is 9.74. The van der Waals surface area contributed by atoms with E-state index in [1.807, 2.05) is 13.8 Å². The van der Waals surface area contributed by atoms with E-state index in [-0.39, 0.29) is 5.60 Å². The van der Waals surface area contributed by atoms with Gasteiger partial charge in [0.15, 0.2) is 0 Å². The number of nitriles is 1. The van der Waals surface area contributed by atoms with Crippen LogP contribution >= 0.6 is 0 Å². The normalized spacial score (nSPS) is 15.2. The van der Waals surface area contributed by atoms with Crippen LogP contribution in [-0.2, 0) is 4.74 Å². The lowest BCUT2D eigenvalue weighted by Crippen LogP contribution is -2.36. The summed E-state index contributed by atoms with van der Waals surface area (Å²) in [5.74, 6) is 0. The summed E-state index contributed by atoms with van der Waals surface area (Å²) in [5.41, 5.74) is -1.09. The van der Waals surface area contributed by atoms with E-state index in [9.17, 15) is 5.11 Å². The lowest BCUT2D eigenvalue weighted by atomic mass is 9.82. The van der Waals surface area contributed by atoms with Crippen LogP contribution in [0.5, 0.6) is 0 Å². The molecule has 0 heterocycles. The van der Waals surface area contributed by atoms with Crippen molar-refractivity contribution in [2.24, 2.45) is 5.41 Å². The number of aliphatic hydroxyl groups is 1. The number of nitrogens with zero attached hydrogens (tertiary/aromatic N) is 1. The van der Waals surface area contributed by atoms with Gasteiger partial charge in [-0.25, -0.2) is 0 Å². The SMILES string of the molecule is COC(C)(C)CC(O)C(C)(C)C#N. The number of ether oxygens (including phenoxy) is 1. The van der Waals surface area contributed by atoms with Gasteiger partial charge in [0.1, 0.15) is 0 Å². The lowest BCUT2D eigenvalue weighted by Gasteiger charge is -2.31. The molecular formula is C10H19NO2. The predicted molar refractivity (Wildman–Crippen MR) is 51.1 cm³/mol. The first-order valence-corrected chi connectivity index (χ1v) is 4.39. The van der Waals surface area contributed by atoms with Gasteiger partial charge in [-0.2, -0.15) is 5.26 Å². The summed E-state index contributed by atoms with van der Waals surface area (Å²) in [6.07, 6.45) is -0.197. The first-order valence-electron chi connectivity index (χ1n) is 4.39. The number of rotatable bonds is 4. The lowest BCUT2D eigenvalue weighted by molar-refractivity contribution is -0.0410. The van der Waals surface area contributed by atoms with Crippen LogP contribution < -0.4 is 0 Å². The van der Waals surface area contributed by atoms with Crippen molar-refractivity contribution in [3.63, 3.8) is 0 Å². The molecule has 0 saturated carbocycles. The van der Waals surface area contributed by atoms with Crippen LogP contribution in [0.3, 0.4) is 0 Å². The van der Waals surface area contributed by atoms with Crippen LogP contribution in [0.2, 0.25) is 0 Å². The van der Waals surface area contributed by atoms with Crippen molar-refractivity contribution in [1.29, 1.82) is 5.26 Å². The average molecular weight is 185 g/mol. The molecule has 3 nitrogen and oxygen atoms in total. The van der Waals surface area contributed by atoms with E-state index in [0.29, 0.717) is 6.42 Å². The first kappa shape index (κ1) is 12.4. The molecule has 0 spiro atoms. The van der Waals surface area contributed by atoms with Gasteiger partial charge in [-0.3, -0.25) is 0 Å². The van der Waals surface area contributed by atoms with E-state index in [1.54, 1.807) is 21.0 Å². The molecule has 0 aromatic rings. The van der Waals surface area contributed by atoms with Crippen LogP contribution in [0, 0.1) is 16.7 Å². The third-order valence-corrected chi connectivity index (χ3v) is 2.36. The zero-order chi connectivity index (χ0) is 10.7. The molecule has 0 radical (unpaired) electrons. The summed E-state index contributed by atoms with van der Waals surface area (Å²) < 4.78 is 5.18. The minimum Gasteiger partial charge on any atom is -0.391 e. The highest BCUT2D eigenvalue weighted by molar-refractivity contribution is 4.98. The van der Waals surface area contributed by atoms with Gasteiger partial charge in [-0.15, -0.1) is 0 Å². The standard InChI is InChI=1S/C10H19NO2/c1-9(2,7-11)8(12)6-10(3,4)13-5/h8,12H,6H2,1-5H3. The maximum Gasteiger partial charge on any atom is 0.0777 e. The Labute approximate surface area is 80.3 Å². The third kappa shape index (κ3) is 3.75. The minimum absolute atomic E-state index is 0.381. The van der Waals surface area contributed by atoms with Gasteiger partial charge in [0, 0.05) is 13.5 Å². The summed E-state index contributed by atoms with van der Waals surface area (Å²) in [4.78, 5) is 0. The highest BCUT2D eigenvalue weighted by Crippen LogP contribution is 2.27. The molecule has 13 heavy (non-hydrogen) atoms. The topological polar surface area (TPSA) is 53.2 Å². The zero-order valence-corrected chi connectivity index (χ0v) is 9.09. The quantitative estimate of drug-likeness (QED) is 0.725. The van der Waals surface area contributed by atoms with Gasteiger partial charge >= 0.3 is 0 Å². The van der Waals surface area contributed by atoms with Crippen LogP contribution in [0.25, 0.3) is 0 Å². The Morgan fingerprint density at radius 3 is 2.15 bits per heavy atom. The van der Waals surface area contributed by atoms with E-state index in [4.69, 9.17) is 10.00 Å². The van der Waals surface area contributed by atoms with Gasteiger partial charge < -0.3 is 9.84 Å². The summed E-state index contributed by atoms with van der Waals surface area (Å²) in [5, 5.41) is 18.5. The van der Waals surface area contributed by atoms with Crippen molar-refractivity contribution in [3.8, 4) is 6.07 Å². The van der Waals surface area contributed by atoms with E-state index >= 15 is 0 Å². The first-order chi connectivity index (χ1) is 5.75. The average Bonchev–Trinajstić information content (AvgIpc) is 2.04. The molecule has 3 heteroatoms. The maximum atomic E-state index is 9.74. The molecule has 1 N–H and O–H groups in total. The van der Waals surface area contributed by atoms with E-state index in [1.165, 1.54) is 0 Å². The molecule has 0 aliphatic carbocycles. The van der Waals surface area contributed by atoms with Gasteiger partial charge in [0.2, 0.25) is 0 Å². The third-order valence-electron chi connectivity index (χ3n) is 2.36. The summed E-state index contributed by atoms with van der Waals surface area (Å²) >= 11 is 0. The van der Waals surface area contributed by atoms with Gasteiger partial charge in [-0.05, 0) is 27.7 Å². The molecule has 0 fully saturated rings. The monoisotopic (exact) mass is 185 g/mol. The van der Waals surface area contributed by atoms with Crippen LogP contribution in [0.15, 0.2) is 0 Å². The van der Waals surface area contributed by atoms with Gasteiger partial charge in [0.05, 0.1) is 23.2 Å². The largest absolute Gasteiger partial charge is 0.391 e. The van der Waals surface area contributed by atoms with Crippen molar-refractivity contribution < 1.29 is 9.84 Å². The fraction of sp³-hybridized carbons (Fsp3) is 0.900. The number of methoxy groups -OCH3 is 1. The van der Waals surface area contributed by atoms with Crippen molar-refractivity contribution in [2.75, 3.05) is 7.11 Å².